The Bertz CT molecular complexity index is 397. The zero-order chi connectivity index (χ0) is 13.7. The molecule has 0 aromatic carbocycles. The van der Waals surface area contributed by atoms with Gasteiger partial charge >= 0.3 is 0 Å². The van der Waals surface area contributed by atoms with Crippen LogP contribution in [0.5, 0.6) is 0 Å². The van der Waals surface area contributed by atoms with Crippen LogP contribution in [0.2, 0.25) is 0 Å². The van der Waals surface area contributed by atoms with Crippen LogP contribution in [0.25, 0.3) is 0 Å². The first-order valence-electron chi connectivity index (χ1n) is 7.02. The SMILES string of the molecule is CCCOC[C@@H]1CCN(c2cc(N(C)C)ncn2)C1. The Morgan fingerprint density at radius 1 is 1.42 bits per heavy atom. The molecule has 0 unspecified atom stereocenters. The van der Waals surface area contributed by atoms with E-state index in [4.69, 9.17) is 4.74 Å². The molecular formula is C14H24N4O. The van der Waals surface area contributed by atoms with E-state index in [-0.39, 0.29) is 0 Å². The molecular weight excluding hydrogens is 240 g/mol. The molecule has 0 amide bonds. The Balaban J connectivity index is 1.91. The van der Waals surface area contributed by atoms with Crippen molar-refractivity contribution in [1.82, 2.24) is 9.97 Å². The highest BCUT2D eigenvalue weighted by atomic mass is 16.5. The number of hydrogen-bond donors (Lipinski definition) is 0. The monoisotopic (exact) mass is 264 g/mol. The molecule has 1 saturated heterocycles. The van der Waals surface area contributed by atoms with E-state index in [0.717, 1.165) is 44.4 Å². The van der Waals surface area contributed by atoms with Crippen molar-refractivity contribution in [2.45, 2.75) is 19.8 Å². The van der Waals surface area contributed by atoms with Crippen LogP contribution < -0.4 is 9.80 Å². The van der Waals surface area contributed by atoms with E-state index in [2.05, 4.69) is 27.9 Å². The van der Waals surface area contributed by atoms with Gasteiger partial charge in [0.25, 0.3) is 0 Å². The van der Waals surface area contributed by atoms with Gasteiger partial charge in [0.2, 0.25) is 0 Å². The summed E-state index contributed by atoms with van der Waals surface area (Å²) in [6.45, 7) is 5.98. The Kier molecular flexibility index (Phi) is 4.96. The van der Waals surface area contributed by atoms with Gasteiger partial charge in [0, 0.05) is 45.8 Å². The molecule has 106 valence electrons. The quantitative estimate of drug-likeness (QED) is 0.733. The minimum absolute atomic E-state index is 0.629. The molecule has 1 fully saturated rings. The third-order valence-electron chi connectivity index (χ3n) is 3.41. The second kappa shape index (κ2) is 6.70. The van der Waals surface area contributed by atoms with Gasteiger partial charge in [-0.2, -0.15) is 0 Å². The molecule has 2 rings (SSSR count). The fourth-order valence-electron chi connectivity index (χ4n) is 2.33. The molecule has 1 atom stereocenters. The van der Waals surface area contributed by atoms with Gasteiger partial charge in [0.05, 0.1) is 6.61 Å². The second-order valence-corrected chi connectivity index (χ2v) is 5.30. The lowest BCUT2D eigenvalue weighted by molar-refractivity contribution is 0.106. The third-order valence-corrected chi connectivity index (χ3v) is 3.41. The molecule has 5 heteroatoms. The van der Waals surface area contributed by atoms with Gasteiger partial charge in [-0.3, -0.25) is 0 Å². The molecule has 5 nitrogen and oxygen atoms in total. The van der Waals surface area contributed by atoms with Crippen LogP contribution in [0.3, 0.4) is 0 Å². The van der Waals surface area contributed by atoms with E-state index in [9.17, 15) is 0 Å². The van der Waals surface area contributed by atoms with Crippen molar-refractivity contribution in [2.75, 3.05) is 50.2 Å². The molecule has 2 heterocycles. The van der Waals surface area contributed by atoms with Crippen molar-refractivity contribution in [2.24, 2.45) is 5.92 Å². The zero-order valence-electron chi connectivity index (χ0n) is 12.2. The van der Waals surface area contributed by atoms with Crippen LogP contribution in [0.4, 0.5) is 11.6 Å². The Morgan fingerprint density at radius 2 is 2.26 bits per heavy atom. The predicted molar refractivity (Wildman–Crippen MR) is 77.8 cm³/mol. The number of anilines is 2. The smallest absolute Gasteiger partial charge is 0.134 e. The van der Waals surface area contributed by atoms with Gasteiger partial charge in [-0.05, 0) is 12.8 Å². The molecule has 0 spiro atoms. The molecule has 1 aliphatic rings. The molecule has 1 aromatic heterocycles. The molecule has 0 saturated carbocycles. The van der Waals surface area contributed by atoms with Crippen molar-refractivity contribution >= 4 is 11.6 Å². The summed E-state index contributed by atoms with van der Waals surface area (Å²) in [7, 11) is 4.00. The summed E-state index contributed by atoms with van der Waals surface area (Å²) >= 11 is 0. The summed E-state index contributed by atoms with van der Waals surface area (Å²) in [5.41, 5.74) is 0. The van der Waals surface area contributed by atoms with E-state index in [1.165, 1.54) is 6.42 Å². The lowest BCUT2D eigenvalue weighted by atomic mass is 10.1. The average Bonchev–Trinajstić information content (AvgIpc) is 2.88. The highest BCUT2D eigenvalue weighted by Crippen LogP contribution is 2.24. The first kappa shape index (κ1) is 14.1. The van der Waals surface area contributed by atoms with Gasteiger partial charge in [-0.1, -0.05) is 6.92 Å². The Hall–Kier alpha value is -1.36. The maximum atomic E-state index is 5.65. The second-order valence-electron chi connectivity index (χ2n) is 5.30. The summed E-state index contributed by atoms with van der Waals surface area (Å²) < 4.78 is 5.65. The first-order chi connectivity index (χ1) is 9.20. The first-order valence-corrected chi connectivity index (χ1v) is 7.02. The fourth-order valence-corrected chi connectivity index (χ4v) is 2.33. The lowest BCUT2D eigenvalue weighted by Gasteiger charge is -2.19. The summed E-state index contributed by atoms with van der Waals surface area (Å²) in [6, 6.07) is 2.05. The minimum Gasteiger partial charge on any atom is -0.381 e. The van der Waals surface area contributed by atoms with Gasteiger partial charge in [0.1, 0.15) is 18.0 Å². The summed E-state index contributed by atoms with van der Waals surface area (Å²) in [6.07, 6.45) is 3.92. The lowest BCUT2D eigenvalue weighted by Crippen LogP contribution is -2.23. The highest BCUT2D eigenvalue weighted by Gasteiger charge is 2.23. The van der Waals surface area contributed by atoms with Crippen LogP contribution in [0.15, 0.2) is 12.4 Å². The van der Waals surface area contributed by atoms with E-state index in [1.54, 1.807) is 6.33 Å². The van der Waals surface area contributed by atoms with Crippen LogP contribution in [0.1, 0.15) is 19.8 Å². The molecule has 1 aliphatic heterocycles. The zero-order valence-corrected chi connectivity index (χ0v) is 12.2. The van der Waals surface area contributed by atoms with Crippen molar-refractivity contribution < 1.29 is 4.74 Å². The van der Waals surface area contributed by atoms with Crippen molar-refractivity contribution in [3.8, 4) is 0 Å². The van der Waals surface area contributed by atoms with Crippen molar-refractivity contribution in [3.05, 3.63) is 12.4 Å². The number of rotatable bonds is 6. The van der Waals surface area contributed by atoms with Crippen molar-refractivity contribution in [1.29, 1.82) is 0 Å². The fraction of sp³-hybridized carbons (Fsp3) is 0.714. The normalized spacial score (nSPS) is 18.9. The average molecular weight is 264 g/mol. The number of ether oxygens (including phenoxy) is 1. The number of aromatic nitrogens is 2. The Labute approximate surface area is 115 Å². The van der Waals surface area contributed by atoms with E-state index >= 15 is 0 Å². The Morgan fingerprint density at radius 3 is 3.00 bits per heavy atom. The molecule has 19 heavy (non-hydrogen) atoms. The molecule has 1 aromatic rings. The summed E-state index contributed by atoms with van der Waals surface area (Å²) in [5, 5.41) is 0. The van der Waals surface area contributed by atoms with E-state index in [0.29, 0.717) is 5.92 Å². The third kappa shape index (κ3) is 3.80. The molecule has 0 aliphatic carbocycles. The molecule has 0 radical (unpaired) electrons. The maximum absolute atomic E-state index is 5.65. The maximum Gasteiger partial charge on any atom is 0.134 e. The number of nitrogens with zero attached hydrogens (tertiary/aromatic N) is 4. The summed E-state index contributed by atoms with van der Waals surface area (Å²) in [5.74, 6) is 2.61. The molecule has 0 N–H and O–H groups in total. The summed E-state index contributed by atoms with van der Waals surface area (Å²) in [4.78, 5) is 13.0. The van der Waals surface area contributed by atoms with Crippen LogP contribution in [-0.4, -0.2) is 50.4 Å². The van der Waals surface area contributed by atoms with Crippen LogP contribution >= 0.6 is 0 Å². The number of hydrogen-bond acceptors (Lipinski definition) is 5. The standard InChI is InChI=1S/C14H24N4O/c1-4-7-19-10-12-5-6-18(9-12)14-8-13(17(2)3)15-11-16-14/h8,11-12H,4-7,9-10H2,1-3H3/t12-/m1/s1. The highest BCUT2D eigenvalue weighted by molar-refractivity contribution is 5.49. The van der Waals surface area contributed by atoms with E-state index < -0.39 is 0 Å². The van der Waals surface area contributed by atoms with Gasteiger partial charge in [-0.25, -0.2) is 9.97 Å². The van der Waals surface area contributed by atoms with Crippen LogP contribution in [0, 0.1) is 5.92 Å². The van der Waals surface area contributed by atoms with E-state index in [1.807, 2.05) is 19.0 Å². The van der Waals surface area contributed by atoms with Crippen LogP contribution in [-0.2, 0) is 4.74 Å². The predicted octanol–water partition coefficient (Wildman–Crippen LogP) is 1.80. The largest absolute Gasteiger partial charge is 0.381 e. The topological polar surface area (TPSA) is 41.5 Å². The van der Waals surface area contributed by atoms with Crippen molar-refractivity contribution in [3.63, 3.8) is 0 Å². The van der Waals surface area contributed by atoms with Gasteiger partial charge < -0.3 is 14.5 Å². The van der Waals surface area contributed by atoms with Gasteiger partial charge in [0.15, 0.2) is 0 Å². The molecule has 0 bridgehead atoms. The van der Waals surface area contributed by atoms with Gasteiger partial charge in [-0.15, -0.1) is 0 Å². The minimum atomic E-state index is 0.629.